The highest BCUT2D eigenvalue weighted by atomic mass is 16.3. The van der Waals surface area contributed by atoms with Gasteiger partial charge in [0.15, 0.2) is 0 Å². The fourth-order valence-corrected chi connectivity index (χ4v) is 5.69. The maximum atomic E-state index is 14.7. The molecule has 0 saturated carbocycles. The minimum atomic E-state index is -1.25. The lowest BCUT2D eigenvalue weighted by Crippen LogP contribution is -2.50. The molecular formula is C35H32N4O3. The molecule has 1 aliphatic rings. The molecule has 210 valence electrons. The van der Waals surface area contributed by atoms with Crippen LogP contribution < -0.4 is 0 Å². The molecule has 4 aromatic carbocycles. The van der Waals surface area contributed by atoms with Crippen LogP contribution in [0.1, 0.15) is 33.4 Å². The Balaban J connectivity index is 1.60. The highest BCUT2D eigenvalue weighted by Gasteiger charge is 2.46. The summed E-state index contributed by atoms with van der Waals surface area (Å²) in [6, 6.07) is 35.8. The topological polar surface area (TPSA) is 112 Å². The van der Waals surface area contributed by atoms with E-state index < -0.39 is 24.3 Å². The van der Waals surface area contributed by atoms with Crippen LogP contribution in [0, 0.1) is 22.7 Å². The second-order valence-corrected chi connectivity index (χ2v) is 10.7. The summed E-state index contributed by atoms with van der Waals surface area (Å²) >= 11 is 0. The fourth-order valence-electron chi connectivity index (χ4n) is 5.69. The number of urea groups is 1. The van der Waals surface area contributed by atoms with Crippen molar-refractivity contribution in [2.24, 2.45) is 0 Å². The van der Waals surface area contributed by atoms with Crippen LogP contribution in [0.2, 0.25) is 0 Å². The third-order valence-electron chi connectivity index (χ3n) is 7.82. The maximum Gasteiger partial charge on any atom is 0.321 e. The lowest BCUT2D eigenvalue weighted by Gasteiger charge is -2.36. The molecule has 1 aliphatic heterocycles. The zero-order valence-electron chi connectivity index (χ0n) is 23.1. The first-order valence-corrected chi connectivity index (χ1v) is 14.0. The summed E-state index contributed by atoms with van der Waals surface area (Å²) in [6.45, 7) is 0.283. The van der Waals surface area contributed by atoms with Crippen molar-refractivity contribution in [3.8, 4) is 12.1 Å². The Morgan fingerprint density at radius 3 is 1.33 bits per heavy atom. The smallest absolute Gasteiger partial charge is 0.321 e. The Kier molecular flexibility index (Phi) is 8.94. The third kappa shape index (κ3) is 6.50. The van der Waals surface area contributed by atoms with E-state index in [4.69, 9.17) is 0 Å². The van der Waals surface area contributed by atoms with Crippen molar-refractivity contribution in [3.63, 3.8) is 0 Å². The summed E-state index contributed by atoms with van der Waals surface area (Å²) in [4.78, 5) is 17.9. The normalized spacial score (nSPS) is 20.4. The first kappa shape index (κ1) is 28.6. The Labute approximate surface area is 246 Å². The van der Waals surface area contributed by atoms with Crippen LogP contribution in [0.25, 0.3) is 0 Å². The molecular weight excluding hydrogens is 524 g/mol. The predicted octanol–water partition coefficient (Wildman–Crippen LogP) is 4.81. The summed E-state index contributed by atoms with van der Waals surface area (Å²) in [5, 5.41) is 42.5. The van der Waals surface area contributed by atoms with Crippen LogP contribution in [-0.4, -0.2) is 50.3 Å². The second-order valence-electron chi connectivity index (χ2n) is 10.7. The number of nitriles is 2. The second kappa shape index (κ2) is 13.1. The van der Waals surface area contributed by atoms with Crippen molar-refractivity contribution in [1.82, 2.24) is 9.80 Å². The summed E-state index contributed by atoms with van der Waals surface area (Å²) < 4.78 is 0. The number of rotatable bonds is 8. The van der Waals surface area contributed by atoms with Gasteiger partial charge in [0.2, 0.25) is 0 Å². The van der Waals surface area contributed by atoms with Crippen molar-refractivity contribution < 1.29 is 15.0 Å². The van der Waals surface area contributed by atoms with Gasteiger partial charge in [0.05, 0.1) is 35.3 Å². The molecule has 7 nitrogen and oxygen atoms in total. The van der Waals surface area contributed by atoms with E-state index >= 15 is 0 Å². The number of carbonyl (C=O) groups excluding carboxylic acids is 1. The zero-order valence-corrected chi connectivity index (χ0v) is 23.1. The molecule has 0 aromatic heterocycles. The van der Waals surface area contributed by atoms with Gasteiger partial charge in [0, 0.05) is 13.1 Å². The van der Waals surface area contributed by atoms with Gasteiger partial charge in [0.25, 0.3) is 0 Å². The monoisotopic (exact) mass is 556 g/mol. The Morgan fingerprint density at radius 2 is 0.952 bits per heavy atom. The molecule has 1 heterocycles. The van der Waals surface area contributed by atoms with Gasteiger partial charge < -0.3 is 20.0 Å². The van der Waals surface area contributed by atoms with Gasteiger partial charge in [-0.3, -0.25) is 0 Å². The first-order chi connectivity index (χ1) is 20.5. The van der Waals surface area contributed by atoms with E-state index in [1.807, 2.05) is 72.8 Å². The minimum absolute atomic E-state index is 0.141. The van der Waals surface area contributed by atoms with E-state index in [0.29, 0.717) is 24.0 Å². The molecule has 7 heteroatoms. The number of carbonyl (C=O) groups is 1. The number of benzene rings is 4. The van der Waals surface area contributed by atoms with Gasteiger partial charge in [0.1, 0.15) is 12.2 Å². The average molecular weight is 557 g/mol. The van der Waals surface area contributed by atoms with E-state index in [9.17, 15) is 25.5 Å². The largest absolute Gasteiger partial charge is 0.388 e. The molecule has 1 fully saturated rings. The Hall–Kier alpha value is -4.95. The molecule has 4 atom stereocenters. The standard InChI is InChI=1S/C35H32N4O3/c36-21-27-13-7-15-29(17-27)23-38-31(19-25-9-3-1-4-10-25)33(40)34(41)32(20-26-11-5-2-6-12-26)39(35(38)42)24-30-16-8-14-28(18-30)22-37/h1-18,31-34,40-41H,19-20,23-24H2/t31-,32-,33+,34+/m1/s1. The minimum Gasteiger partial charge on any atom is -0.388 e. The fraction of sp³-hybridized carbons (Fsp3) is 0.229. The van der Waals surface area contributed by atoms with Gasteiger partial charge >= 0.3 is 6.03 Å². The summed E-state index contributed by atoms with van der Waals surface area (Å²) in [7, 11) is 0. The first-order valence-electron chi connectivity index (χ1n) is 14.0. The lowest BCUT2D eigenvalue weighted by molar-refractivity contribution is -0.0408. The van der Waals surface area contributed by atoms with Crippen LogP contribution in [0.3, 0.4) is 0 Å². The highest BCUT2D eigenvalue weighted by molar-refractivity contribution is 5.76. The van der Waals surface area contributed by atoms with Gasteiger partial charge in [-0.05, 0) is 59.4 Å². The molecule has 1 saturated heterocycles. The molecule has 0 radical (unpaired) electrons. The predicted molar refractivity (Wildman–Crippen MR) is 159 cm³/mol. The molecule has 0 spiro atoms. The van der Waals surface area contributed by atoms with Gasteiger partial charge in [-0.1, -0.05) is 84.9 Å². The Morgan fingerprint density at radius 1 is 0.571 bits per heavy atom. The van der Waals surface area contributed by atoms with E-state index in [1.165, 1.54) is 0 Å². The van der Waals surface area contributed by atoms with Crippen molar-refractivity contribution in [2.45, 2.75) is 50.2 Å². The van der Waals surface area contributed by atoms with E-state index in [0.717, 1.165) is 22.3 Å². The number of amides is 2. The van der Waals surface area contributed by atoms with E-state index in [-0.39, 0.29) is 19.1 Å². The van der Waals surface area contributed by atoms with Crippen molar-refractivity contribution >= 4 is 6.03 Å². The van der Waals surface area contributed by atoms with E-state index in [2.05, 4.69) is 12.1 Å². The average Bonchev–Trinajstić information content (AvgIpc) is 3.09. The molecule has 2 amide bonds. The van der Waals surface area contributed by atoms with Crippen LogP contribution >= 0.6 is 0 Å². The van der Waals surface area contributed by atoms with Gasteiger partial charge in [-0.2, -0.15) is 10.5 Å². The number of nitrogens with zero attached hydrogens (tertiary/aromatic N) is 4. The molecule has 4 aromatic rings. The summed E-state index contributed by atoms with van der Waals surface area (Å²) in [5.41, 5.74) is 4.29. The third-order valence-corrected chi connectivity index (χ3v) is 7.82. The molecule has 0 bridgehead atoms. The van der Waals surface area contributed by atoms with Crippen molar-refractivity contribution in [3.05, 3.63) is 143 Å². The number of hydrogen-bond acceptors (Lipinski definition) is 5. The van der Waals surface area contributed by atoms with Crippen LogP contribution in [0.5, 0.6) is 0 Å². The molecule has 5 rings (SSSR count). The lowest BCUT2D eigenvalue weighted by atomic mass is 9.91. The van der Waals surface area contributed by atoms with Gasteiger partial charge in [-0.15, -0.1) is 0 Å². The molecule has 0 aliphatic carbocycles. The zero-order chi connectivity index (χ0) is 29.5. The van der Waals surface area contributed by atoms with Crippen LogP contribution in [0.4, 0.5) is 4.79 Å². The maximum absolute atomic E-state index is 14.7. The molecule has 0 unspecified atom stereocenters. The van der Waals surface area contributed by atoms with Gasteiger partial charge in [-0.25, -0.2) is 4.79 Å². The quantitative estimate of drug-likeness (QED) is 0.324. The highest BCUT2D eigenvalue weighted by Crippen LogP contribution is 2.30. The summed E-state index contributed by atoms with van der Waals surface area (Å²) in [5.74, 6) is 0. The Bertz CT molecular complexity index is 1480. The SMILES string of the molecule is N#Cc1cccc(CN2C(=O)N(Cc3cccc(C#N)c3)[C@H](Cc3ccccc3)[C@H](O)[C@@H](O)[C@H]2Cc2ccccc2)c1. The van der Waals surface area contributed by atoms with Crippen molar-refractivity contribution in [2.75, 3.05) is 0 Å². The molecule has 42 heavy (non-hydrogen) atoms. The van der Waals surface area contributed by atoms with Crippen LogP contribution in [0.15, 0.2) is 109 Å². The summed E-state index contributed by atoms with van der Waals surface area (Å²) in [6.07, 6.45) is -1.84. The molecule has 2 N–H and O–H groups in total. The van der Waals surface area contributed by atoms with Crippen LogP contribution in [-0.2, 0) is 25.9 Å². The van der Waals surface area contributed by atoms with Crippen molar-refractivity contribution in [1.29, 1.82) is 10.5 Å². The number of hydrogen-bond donors (Lipinski definition) is 2. The number of aliphatic hydroxyl groups is 2. The number of aliphatic hydroxyl groups excluding tert-OH is 2. The van der Waals surface area contributed by atoms with E-state index in [1.54, 1.807) is 46.2 Å².